The summed E-state index contributed by atoms with van der Waals surface area (Å²) in [5.41, 5.74) is 0. The Morgan fingerprint density at radius 1 is 1.21 bits per heavy atom. The summed E-state index contributed by atoms with van der Waals surface area (Å²) in [6, 6.07) is 1.76. The van der Waals surface area contributed by atoms with Gasteiger partial charge in [-0.1, -0.05) is 20.3 Å². The Morgan fingerprint density at radius 2 is 1.93 bits per heavy atom. The second-order valence-electron chi connectivity index (χ2n) is 4.84. The van der Waals surface area contributed by atoms with Gasteiger partial charge in [0.15, 0.2) is 0 Å². The summed E-state index contributed by atoms with van der Waals surface area (Å²) in [4.78, 5) is 2.72. The highest BCUT2D eigenvalue weighted by atomic mass is 15.2. The second kappa shape index (κ2) is 4.63. The standard InChI is InChI=1S/C12H24N2/c1-3-10-9-12(10)14-7-5-11(6-8-14)13-4-2/h10-13H,3-9H2,1-2H3. The maximum atomic E-state index is 3.56. The molecule has 0 aromatic heterocycles. The van der Waals surface area contributed by atoms with E-state index in [9.17, 15) is 0 Å². The molecule has 0 spiro atoms. The predicted octanol–water partition coefficient (Wildman–Crippen LogP) is 1.86. The van der Waals surface area contributed by atoms with Crippen molar-refractivity contribution in [2.45, 2.75) is 51.6 Å². The van der Waals surface area contributed by atoms with Crippen molar-refractivity contribution in [3.8, 4) is 0 Å². The van der Waals surface area contributed by atoms with Crippen molar-refractivity contribution in [3.05, 3.63) is 0 Å². The summed E-state index contributed by atoms with van der Waals surface area (Å²) in [5.74, 6) is 1.03. The highest BCUT2D eigenvalue weighted by Gasteiger charge is 2.40. The molecule has 1 saturated heterocycles. The Hall–Kier alpha value is -0.0800. The lowest BCUT2D eigenvalue weighted by molar-refractivity contribution is 0.182. The number of rotatable bonds is 4. The average Bonchev–Trinajstić information content (AvgIpc) is 2.99. The van der Waals surface area contributed by atoms with Gasteiger partial charge in [0.05, 0.1) is 0 Å². The normalized spacial score (nSPS) is 34.7. The van der Waals surface area contributed by atoms with Crippen LogP contribution in [0.25, 0.3) is 0 Å². The van der Waals surface area contributed by atoms with Gasteiger partial charge < -0.3 is 5.32 Å². The summed E-state index contributed by atoms with van der Waals surface area (Å²) >= 11 is 0. The first-order valence-electron chi connectivity index (χ1n) is 6.32. The number of likely N-dealkylation sites (tertiary alicyclic amines) is 1. The molecule has 1 N–H and O–H groups in total. The van der Waals surface area contributed by atoms with E-state index in [1.807, 2.05) is 0 Å². The van der Waals surface area contributed by atoms with Crippen LogP contribution in [-0.4, -0.2) is 36.6 Å². The molecular weight excluding hydrogens is 172 g/mol. The minimum absolute atomic E-state index is 0.801. The van der Waals surface area contributed by atoms with Gasteiger partial charge in [-0.2, -0.15) is 0 Å². The van der Waals surface area contributed by atoms with E-state index < -0.39 is 0 Å². The molecule has 0 amide bonds. The smallest absolute Gasteiger partial charge is 0.0127 e. The SMILES string of the molecule is CCNC1CCN(C2CC2CC)CC1. The van der Waals surface area contributed by atoms with Crippen molar-refractivity contribution in [2.24, 2.45) is 5.92 Å². The van der Waals surface area contributed by atoms with E-state index in [4.69, 9.17) is 0 Å². The van der Waals surface area contributed by atoms with Gasteiger partial charge in [-0.25, -0.2) is 0 Å². The molecular formula is C12H24N2. The first-order chi connectivity index (χ1) is 6.85. The summed E-state index contributed by atoms with van der Waals surface area (Å²) in [5, 5.41) is 3.56. The number of piperidine rings is 1. The molecule has 2 aliphatic rings. The second-order valence-corrected chi connectivity index (χ2v) is 4.84. The summed E-state index contributed by atoms with van der Waals surface area (Å²) in [6.45, 7) is 8.33. The lowest BCUT2D eigenvalue weighted by Crippen LogP contribution is -2.43. The largest absolute Gasteiger partial charge is 0.314 e. The molecule has 1 heterocycles. The highest BCUT2D eigenvalue weighted by Crippen LogP contribution is 2.39. The topological polar surface area (TPSA) is 15.3 Å². The Balaban J connectivity index is 1.69. The van der Waals surface area contributed by atoms with Crippen molar-refractivity contribution < 1.29 is 0 Å². The third-order valence-electron chi connectivity index (χ3n) is 3.90. The van der Waals surface area contributed by atoms with Crippen LogP contribution in [0.2, 0.25) is 0 Å². The van der Waals surface area contributed by atoms with E-state index >= 15 is 0 Å². The number of hydrogen-bond donors (Lipinski definition) is 1. The van der Waals surface area contributed by atoms with E-state index in [0.717, 1.165) is 24.5 Å². The van der Waals surface area contributed by atoms with Gasteiger partial charge in [-0.15, -0.1) is 0 Å². The Bertz CT molecular complexity index is 173. The zero-order valence-corrected chi connectivity index (χ0v) is 9.63. The molecule has 2 nitrogen and oxygen atoms in total. The van der Waals surface area contributed by atoms with Gasteiger partial charge in [-0.3, -0.25) is 4.90 Å². The number of hydrogen-bond acceptors (Lipinski definition) is 2. The summed E-state index contributed by atoms with van der Waals surface area (Å²) in [6.07, 6.45) is 5.59. The summed E-state index contributed by atoms with van der Waals surface area (Å²) < 4.78 is 0. The highest BCUT2D eigenvalue weighted by molar-refractivity contribution is 4.96. The monoisotopic (exact) mass is 196 g/mol. The zero-order chi connectivity index (χ0) is 9.97. The molecule has 14 heavy (non-hydrogen) atoms. The molecule has 1 aliphatic carbocycles. The Morgan fingerprint density at radius 3 is 2.43 bits per heavy atom. The fourth-order valence-electron chi connectivity index (χ4n) is 2.84. The van der Waals surface area contributed by atoms with Crippen molar-refractivity contribution >= 4 is 0 Å². The van der Waals surface area contributed by atoms with Crippen molar-refractivity contribution in [2.75, 3.05) is 19.6 Å². The van der Waals surface area contributed by atoms with Crippen LogP contribution in [0, 0.1) is 5.92 Å². The van der Waals surface area contributed by atoms with E-state index in [-0.39, 0.29) is 0 Å². The van der Waals surface area contributed by atoms with Crippen LogP contribution in [0.15, 0.2) is 0 Å². The quantitative estimate of drug-likeness (QED) is 0.738. The minimum atomic E-state index is 0.801. The molecule has 82 valence electrons. The molecule has 1 aliphatic heterocycles. The van der Waals surface area contributed by atoms with E-state index in [1.165, 1.54) is 38.8 Å². The fourth-order valence-corrected chi connectivity index (χ4v) is 2.84. The van der Waals surface area contributed by atoms with Gasteiger partial charge in [0.25, 0.3) is 0 Å². The third-order valence-corrected chi connectivity index (χ3v) is 3.90. The van der Waals surface area contributed by atoms with Crippen LogP contribution in [0.5, 0.6) is 0 Å². The molecule has 2 unspecified atom stereocenters. The van der Waals surface area contributed by atoms with Crippen LogP contribution in [-0.2, 0) is 0 Å². The minimum Gasteiger partial charge on any atom is -0.314 e. The van der Waals surface area contributed by atoms with Crippen LogP contribution < -0.4 is 5.32 Å². The van der Waals surface area contributed by atoms with Gasteiger partial charge in [0.2, 0.25) is 0 Å². The zero-order valence-electron chi connectivity index (χ0n) is 9.63. The lowest BCUT2D eigenvalue weighted by Gasteiger charge is -2.32. The maximum Gasteiger partial charge on any atom is 0.0127 e. The molecule has 2 fully saturated rings. The lowest BCUT2D eigenvalue weighted by atomic mass is 10.0. The van der Waals surface area contributed by atoms with Crippen LogP contribution in [0.3, 0.4) is 0 Å². The molecule has 0 bridgehead atoms. The van der Waals surface area contributed by atoms with E-state index in [2.05, 4.69) is 24.1 Å². The molecule has 0 aromatic carbocycles. The Labute approximate surface area is 88.1 Å². The molecule has 2 atom stereocenters. The van der Waals surface area contributed by atoms with Crippen LogP contribution >= 0.6 is 0 Å². The first kappa shape index (κ1) is 10.4. The first-order valence-corrected chi connectivity index (χ1v) is 6.32. The van der Waals surface area contributed by atoms with E-state index in [1.54, 1.807) is 0 Å². The van der Waals surface area contributed by atoms with Crippen molar-refractivity contribution in [3.63, 3.8) is 0 Å². The van der Waals surface area contributed by atoms with Gasteiger partial charge >= 0.3 is 0 Å². The average molecular weight is 196 g/mol. The maximum absolute atomic E-state index is 3.56. The predicted molar refractivity (Wildman–Crippen MR) is 60.5 cm³/mol. The van der Waals surface area contributed by atoms with Crippen molar-refractivity contribution in [1.29, 1.82) is 0 Å². The van der Waals surface area contributed by atoms with Crippen molar-refractivity contribution in [1.82, 2.24) is 10.2 Å². The third kappa shape index (κ3) is 2.29. The van der Waals surface area contributed by atoms with Crippen LogP contribution in [0.4, 0.5) is 0 Å². The van der Waals surface area contributed by atoms with Gasteiger partial charge in [0, 0.05) is 12.1 Å². The number of nitrogens with zero attached hydrogens (tertiary/aromatic N) is 1. The molecule has 2 rings (SSSR count). The molecule has 1 saturated carbocycles. The van der Waals surface area contributed by atoms with Crippen LogP contribution in [0.1, 0.15) is 39.5 Å². The van der Waals surface area contributed by atoms with Gasteiger partial charge in [0.1, 0.15) is 0 Å². The molecule has 2 heteroatoms. The fraction of sp³-hybridized carbons (Fsp3) is 1.00. The molecule has 0 radical (unpaired) electrons. The Kier molecular flexibility index (Phi) is 3.45. The van der Waals surface area contributed by atoms with E-state index in [0.29, 0.717) is 0 Å². The number of nitrogens with one attached hydrogen (secondary N) is 1. The molecule has 0 aromatic rings. The van der Waals surface area contributed by atoms with Gasteiger partial charge in [-0.05, 0) is 44.8 Å². The summed E-state index contributed by atoms with van der Waals surface area (Å²) in [7, 11) is 0.